The fraction of sp³-hybridized carbons (Fsp3) is 0.143. The van der Waals surface area contributed by atoms with Crippen LogP contribution in [0.4, 0.5) is 5.69 Å². The fourth-order valence-electron chi connectivity index (χ4n) is 1.77. The third-order valence-electron chi connectivity index (χ3n) is 2.64. The minimum absolute atomic E-state index is 0.399. The van der Waals surface area contributed by atoms with E-state index in [1.54, 1.807) is 24.3 Å². The van der Waals surface area contributed by atoms with E-state index in [1.165, 1.54) is 0 Å². The molecule has 2 aromatic carbocycles. The average molecular weight is 261 g/mol. The molecule has 0 aliphatic carbocycles. The summed E-state index contributed by atoms with van der Waals surface area (Å²) in [5, 5.41) is 1.38. The molecule has 0 aliphatic rings. The van der Waals surface area contributed by atoms with Gasteiger partial charge in [-0.15, -0.1) is 0 Å². The number of benzene rings is 2. The van der Waals surface area contributed by atoms with Crippen molar-refractivity contribution < 1.29 is 9.09 Å². The zero-order valence-electron chi connectivity index (χ0n) is 10.2. The van der Waals surface area contributed by atoms with E-state index in [4.69, 9.17) is 10.3 Å². The summed E-state index contributed by atoms with van der Waals surface area (Å²) in [4.78, 5) is 0. The summed E-state index contributed by atoms with van der Waals surface area (Å²) >= 11 is 0. The molecule has 0 radical (unpaired) electrons. The van der Waals surface area contributed by atoms with Crippen molar-refractivity contribution in [2.45, 2.75) is 6.92 Å². The second-order valence-electron chi connectivity index (χ2n) is 3.90. The standard InChI is InChI=1S/C14H16NO2P/c1-2-17-18(16,13-6-4-3-5-7-13)14-10-8-12(15)9-11-14/h3-11H,2,15H2,1H3/t18-/m1/s1. The molecule has 0 bridgehead atoms. The predicted molar refractivity (Wildman–Crippen MR) is 75.8 cm³/mol. The summed E-state index contributed by atoms with van der Waals surface area (Å²) < 4.78 is 18.6. The third-order valence-corrected chi connectivity index (χ3v) is 5.22. The Morgan fingerprint density at radius 2 is 1.56 bits per heavy atom. The van der Waals surface area contributed by atoms with Crippen LogP contribution in [0.2, 0.25) is 0 Å². The van der Waals surface area contributed by atoms with Gasteiger partial charge in [0.15, 0.2) is 0 Å². The summed E-state index contributed by atoms with van der Waals surface area (Å²) in [7, 11) is -3.00. The molecule has 0 saturated carbocycles. The van der Waals surface area contributed by atoms with E-state index in [2.05, 4.69) is 0 Å². The van der Waals surface area contributed by atoms with Crippen molar-refractivity contribution in [3.63, 3.8) is 0 Å². The highest BCUT2D eigenvalue weighted by Gasteiger charge is 2.27. The van der Waals surface area contributed by atoms with Crippen LogP contribution in [0.15, 0.2) is 54.6 Å². The molecule has 3 nitrogen and oxygen atoms in total. The van der Waals surface area contributed by atoms with Gasteiger partial charge in [0, 0.05) is 16.3 Å². The molecule has 18 heavy (non-hydrogen) atoms. The van der Waals surface area contributed by atoms with Gasteiger partial charge in [0.05, 0.1) is 6.61 Å². The highest BCUT2D eigenvalue weighted by molar-refractivity contribution is 7.74. The SMILES string of the molecule is CCO[P@](=O)(c1ccccc1)c1ccc(N)cc1. The molecule has 2 rings (SSSR count). The zero-order valence-corrected chi connectivity index (χ0v) is 11.1. The molecule has 0 fully saturated rings. The van der Waals surface area contributed by atoms with Crippen molar-refractivity contribution in [1.29, 1.82) is 0 Å². The smallest absolute Gasteiger partial charge is 0.261 e. The largest absolute Gasteiger partial charge is 0.399 e. The maximum absolute atomic E-state index is 13.1. The number of rotatable bonds is 4. The van der Waals surface area contributed by atoms with Crippen LogP contribution in [0.25, 0.3) is 0 Å². The number of nitrogens with two attached hydrogens (primary N) is 1. The van der Waals surface area contributed by atoms with Crippen LogP contribution in [0.1, 0.15) is 6.92 Å². The molecule has 2 N–H and O–H groups in total. The fourth-order valence-corrected chi connectivity index (χ4v) is 3.84. The normalized spacial score (nSPS) is 14.1. The Kier molecular flexibility index (Phi) is 3.85. The summed E-state index contributed by atoms with van der Waals surface area (Å²) in [5.74, 6) is 0. The third kappa shape index (κ3) is 2.47. The Hall–Kier alpha value is -1.57. The number of hydrogen-bond donors (Lipinski definition) is 1. The highest BCUT2D eigenvalue weighted by atomic mass is 31.2. The van der Waals surface area contributed by atoms with Gasteiger partial charge in [-0.2, -0.15) is 0 Å². The van der Waals surface area contributed by atoms with Gasteiger partial charge in [-0.1, -0.05) is 18.2 Å². The van der Waals surface area contributed by atoms with Crippen molar-refractivity contribution in [1.82, 2.24) is 0 Å². The van der Waals surface area contributed by atoms with E-state index in [0.29, 0.717) is 22.9 Å². The van der Waals surface area contributed by atoms with E-state index < -0.39 is 7.37 Å². The van der Waals surface area contributed by atoms with Crippen LogP contribution in [0, 0.1) is 0 Å². The molecular formula is C14H16NO2P. The molecule has 0 saturated heterocycles. The van der Waals surface area contributed by atoms with Gasteiger partial charge in [-0.3, -0.25) is 4.57 Å². The van der Waals surface area contributed by atoms with Gasteiger partial charge in [-0.05, 0) is 43.3 Å². The van der Waals surface area contributed by atoms with Crippen molar-refractivity contribution in [3.05, 3.63) is 54.6 Å². The molecule has 0 spiro atoms. The first-order valence-corrected chi connectivity index (χ1v) is 7.45. The molecule has 1 atom stereocenters. The van der Waals surface area contributed by atoms with Gasteiger partial charge in [0.1, 0.15) is 0 Å². The lowest BCUT2D eigenvalue weighted by atomic mass is 10.3. The van der Waals surface area contributed by atoms with Gasteiger partial charge in [0.25, 0.3) is 7.37 Å². The maximum atomic E-state index is 13.1. The van der Waals surface area contributed by atoms with Crippen molar-refractivity contribution >= 4 is 23.7 Å². The quantitative estimate of drug-likeness (QED) is 0.679. The monoisotopic (exact) mass is 261 g/mol. The van der Waals surface area contributed by atoms with Crippen molar-refractivity contribution in [3.8, 4) is 0 Å². The molecule has 94 valence electrons. The van der Waals surface area contributed by atoms with E-state index >= 15 is 0 Å². The van der Waals surface area contributed by atoms with Gasteiger partial charge >= 0.3 is 0 Å². The van der Waals surface area contributed by atoms with Crippen LogP contribution < -0.4 is 16.3 Å². The second kappa shape index (κ2) is 5.38. The van der Waals surface area contributed by atoms with E-state index in [-0.39, 0.29) is 0 Å². The Balaban J connectivity index is 2.51. The Bertz CT molecular complexity index is 552. The maximum Gasteiger partial charge on any atom is 0.261 e. The lowest BCUT2D eigenvalue weighted by Crippen LogP contribution is -2.18. The predicted octanol–water partition coefficient (Wildman–Crippen LogP) is 2.53. The summed E-state index contributed by atoms with van der Waals surface area (Å²) in [6.07, 6.45) is 0. The highest BCUT2D eigenvalue weighted by Crippen LogP contribution is 2.44. The van der Waals surface area contributed by atoms with Crippen LogP contribution in [0.5, 0.6) is 0 Å². The second-order valence-corrected chi connectivity index (χ2v) is 6.29. The van der Waals surface area contributed by atoms with Crippen molar-refractivity contribution in [2.24, 2.45) is 0 Å². The molecule has 0 amide bonds. The molecule has 0 aliphatic heterocycles. The topological polar surface area (TPSA) is 52.3 Å². The number of hydrogen-bond acceptors (Lipinski definition) is 3. The average Bonchev–Trinajstić information content (AvgIpc) is 2.40. The lowest BCUT2D eigenvalue weighted by Gasteiger charge is -2.18. The zero-order chi connectivity index (χ0) is 13.0. The molecule has 4 heteroatoms. The molecule has 0 heterocycles. The summed E-state index contributed by atoms with van der Waals surface area (Å²) in [6, 6.07) is 16.3. The minimum atomic E-state index is -3.00. The van der Waals surface area contributed by atoms with Gasteiger partial charge in [0.2, 0.25) is 0 Å². The lowest BCUT2D eigenvalue weighted by molar-refractivity contribution is 0.348. The van der Waals surface area contributed by atoms with Crippen molar-refractivity contribution in [2.75, 3.05) is 12.3 Å². The van der Waals surface area contributed by atoms with Crippen LogP contribution in [-0.2, 0) is 9.09 Å². The van der Waals surface area contributed by atoms with Crippen LogP contribution in [0.3, 0.4) is 0 Å². The molecule has 0 unspecified atom stereocenters. The van der Waals surface area contributed by atoms with E-state index in [9.17, 15) is 4.57 Å². The molecular weight excluding hydrogens is 245 g/mol. The first kappa shape index (κ1) is 12.9. The van der Waals surface area contributed by atoms with Gasteiger partial charge in [-0.25, -0.2) is 0 Å². The van der Waals surface area contributed by atoms with E-state index in [0.717, 1.165) is 0 Å². The summed E-state index contributed by atoms with van der Waals surface area (Å²) in [5.41, 5.74) is 6.30. The number of nitrogen functional groups attached to an aromatic ring is 1. The van der Waals surface area contributed by atoms with Gasteiger partial charge < -0.3 is 10.3 Å². The first-order chi connectivity index (χ1) is 8.66. The van der Waals surface area contributed by atoms with E-state index in [1.807, 2.05) is 37.3 Å². The number of anilines is 1. The van der Waals surface area contributed by atoms with Crippen LogP contribution >= 0.6 is 7.37 Å². The van der Waals surface area contributed by atoms with Crippen LogP contribution in [-0.4, -0.2) is 6.61 Å². The minimum Gasteiger partial charge on any atom is -0.399 e. The Morgan fingerprint density at radius 3 is 2.11 bits per heavy atom. The molecule has 0 aromatic heterocycles. The Labute approximate surface area is 107 Å². The molecule has 2 aromatic rings. The summed E-state index contributed by atoms with van der Waals surface area (Å²) in [6.45, 7) is 2.24. The first-order valence-electron chi connectivity index (χ1n) is 5.83. The Morgan fingerprint density at radius 1 is 1.00 bits per heavy atom.